The predicted molar refractivity (Wildman–Crippen MR) is 89.8 cm³/mol. The minimum absolute atomic E-state index is 0.0737. The van der Waals surface area contributed by atoms with Crippen molar-refractivity contribution in [2.45, 2.75) is 24.8 Å². The van der Waals surface area contributed by atoms with E-state index in [-0.39, 0.29) is 5.91 Å². The van der Waals surface area contributed by atoms with Crippen LogP contribution < -0.4 is 5.32 Å². The zero-order chi connectivity index (χ0) is 15.1. The Morgan fingerprint density at radius 1 is 1.10 bits per heavy atom. The van der Waals surface area contributed by atoms with Crippen molar-refractivity contribution in [1.29, 1.82) is 0 Å². The van der Waals surface area contributed by atoms with Crippen molar-refractivity contribution < 1.29 is 4.79 Å². The fourth-order valence-electron chi connectivity index (χ4n) is 1.79. The topological polar surface area (TPSA) is 29.1 Å². The van der Waals surface area contributed by atoms with Gasteiger partial charge in [-0.2, -0.15) is 0 Å². The number of amides is 1. The van der Waals surface area contributed by atoms with Gasteiger partial charge in [-0.1, -0.05) is 41.4 Å². The third-order valence-corrected chi connectivity index (χ3v) is 4.29. The van der Waals surface area contributed by atoms with Gasteiger partial charge in [-0.25, -0.2) is 0 Å². The Kier molecular flexibility index (Phi) is 6.15. The van der Waals surface area contributed by atoms with Crippen LogP contribution in [-0.4, -0.2) is 11.7 Å². The average Bonchev–Trinajstić information content (AvgIpc) is 2.49. The first-order valence-corrected chi connectivity index (χ1v) is 8.20. The summed E-state index contributed by atoms with van der Waals surface area (Å²) < 4.78 is 0. The maximum atomic E-state index is 11.8. The summed E-state index contributed by atoms with van der Waals surface area (Å²) in [4.78, 5) is 13.0. The van der Waals surface area contributed by atoms with Gasteiger partial charge in [0.2, 0.25) is 5.91 Å². The van der Waals surface area contributed by atoms with Gasteiger partial charge in [-0.05, 0) is 36.8 Å². The number of nitrogens with one attached hydrogen (secondary N) is 1. The van der Waals surface area contributed by atoms with Crippen molar-refractivity contribution in [2.75, 3.05) is 5.75 Å². The second-order valence-corrected chi connectivity index (χ2v) is 6.42. The fraction of sp³-hybridized carbons (Fsp3) is 0.235. The highest BCUT2D eigenvalue weighted by atomic mass is 35.5. The van der Waals surface area contributed by atoms with Gasteiger partial charge in [0.1, 0.15) is 0 Å². The van der Waals surface area contributed by atoms with Crippen LogP contribution in [-0.2, 0) is 11.3 Å². The molecule has 0 aliphatic heterocycles. The first kappa shape index (κ1) is 15.9. The molecule has 1 amide bonds. The number of thioether (sulfide) groups is 1. The number of hydrogen-bond donors (Lipinski definition) is 1. The molecule has 110 valence electrons. The van der Waals surface area contributed by atoms with E-state index in [1.807, 2.05) is 24.3 Å². The van der Waals surface area contributed by atoms with E-state index in [1.54, 1.807) is 11.8 Å². The van der Waals surface area contributed by atoms with Gasteiger partial charge in [0.25, 0.3) is 0 Å². The van der Waals surface area contributed by atoms with E-state index in [1.165, 1.54) is 10.5 Å². The van der Waals surface area contributed by atoms with Crippen molar-refractivity contribution in [2.24, 2.45) is 0 Å². The number of rotatable bonds is 6. The summed E-state index contributed by atoms with van der Waals surface area (Å²) in [6, 6.07) is 15.9. The van der Waals surface area contributed by atoms with E-state index in [0.29, 0.717) is 18.0 Å². The fourth-order valence-corrected chi connectivity index (χ4v) is 2.77. The molecule has 0 radical (unpaired) electrons. The molecule has 2 nitrogen and oxygen atoms in total. The molecular formula is C17H18ClNOS. The SMILES string of the molecule is Cc1ccc(SCCC(=O)NCc2ccc(Cl)cc2)cc1. The minimum Gasteiger partial charge on any atom is -0.352 e. The highest BCUT2D eigenvalue weighted by Gasteiger charge is 2.02. The molecule has 0 bridgehead atoms. The second kappa shape index (κ2) is 8.11. The second-order valence-electron chi connectivity index (χ2n) is 4.81. The minimum atomic E-state index is 0.0737. The summed E-state index contributed by atoms with van der Waals surface area (Å²) in [6.07, 6.45) is 0.520. The van der Waals surface area contributed by atoms with Gasteiger partial charge in [0.05, 0.1) is 0 Å². The first-order chi connectivity index (χ1) is 10.1. The Morgan fingerprint density at radius 2 is 1.76 bits per heavy atom. The molecule has 0 aromatic heterocycles. The molecule has 0 aliphatic rings. The van der Waals surface area contributed by atoms with Crippen LogP contribution in [0.3, 0.4) is 0 Å². The van der Waals surface area contributed by atoms with E-state index >= 15 is 0 Å². The van der Waals surface area contributed by atoms with Gasteiger partial charge in [0, 0.05) is 28.6 Å². The van der Waals surface area contributed by atoms with Gasteiger partial charge in [0.15, 0.2) is 0 Å². The van der Waals surface area contributed by atoms with Crippen molar-refractivity contribution in [3.05, 3.63) is 64.7 Å². The maximum Gasteiger partial charge on any atom is 0.221 e. The summed E-state index contributed by atoms with van der Waals surface area (Å²) in [5.74, 6) is 0.861. The number of benzene rings is 2. The molecule has 4 heteroatoms. The summed E-state index contributed by atoms with van der Waals surface area (Å²) in [6.45, 7) is 2.61. The number of hydrogen-bond acceptors (Lipinski definition) is 2. The quantitative estimate of drug-likeness (QED) is 0.797. The molecule has 2 rings (SSSR count). The molecule has 0 aliphatic carbocycles. The van der Waals surface area contributed by atoms with Gasteiger partial charge in [-0.15, -0.1) is 11.8 Å². The van der Waals surface area contributed by atoms with E-state index < -0.39 is 0 Å². The Hall–Kier alpha value is -1.45. The molecule has 0 spiro atoms. The van der Waals surface area contributed by atoms with Crippen LogP contribution in [0.2, 0.25) is 5.02 Å². The van der Waals surface area contributed by atoms with Crippen molar-refractivity contribution in [3.8, 4) is 0 Å². The third kappa shape index (κ3) is 5.82. The molecule has 0 unspecified atom stereocenters. The zero-order valence-electron chi connectivity index (χ0n) is 11.9. The van der Waals surface area contributed by atoms with Crippen molar-refractivity contribution in [1.82, 2.24) is 5.32 Å². The van der Waals surface area contributed by atoms with Crippen molar-refractivity contribution in [3.63, 3.8) is 0 Å². The summed E-state index contributed by atoms with van der Waals surface area (Å²) in [5, 5.41) is 3.63. The maximum absolute atomic E-state index is 11.8. The number of aryl methyl sites for hydroxylation is 1. The van der Waals surface area contributed by atoms with E-state index in [0.717, 1.165) is 11.3 Å². The molecule has 21 heavy (non-hydrogen) atoms. The lowest BCUT2D eigenvalue weighted by Gasteiger charge is -2.06. The number of halogens is 1. The largest absolute Gasteiger partial charge is 0.352 e. The Bertz CT molecular complexity index is 581. The Morgan fingerprint density at radius 3 is 2.43 bits per heavy atom. The normalized spacial score (nSPS) is 10.4. The van der Waals surface area contributed by atoms with Crippen LogP contribution in [0.25, 0.3) is 0 Å². The lowest BCUT2D eigenvalue weighted by atomic mass is 10.2. The standard InChI is InChI=1S/C17H18ClNOS/c1-13-2-8-16(9-3-13)21-11-10-17(20)19-12-14-4-6-15(18)7-5-14/h2-9H,10-12H2,1H3,(H,19,20). The van der Waals surface area contributed by atoms with Crippen LogP contribution in [0.15, 0.2) is 53.4 Å². The molecule has 2 aromatic rings. The molecule has 0 atom stereocenters. The molecule has 0 heterocycles. The lowest BCUT2D eigenvalue weighted by molar-refractivity contribution is -0.120. The van der Waals surface area contributed by atoms with Gasteiger partial charge in [-0.3, -0.25) is 4.79 Å². The lowest BCUT2D eigenvalue weighted by Crippen LogP contribution is -2.22. The molecule has 0 saturated carbocycles. The van der Waals surface area contributed by atoms with Crippen LogP contribution in [0, 0.1) is 6.92 Å². The van der Waals surface area contributed by atoms with Gasteiger partial charge < -0.3 is 5.32 Å². The molecular weight excluding hydrogens is 302 g/mol. The van der Waals surface area contributed by atoms with E-state index in [9.17, 15) is 4.79 Å². The number of carbonyl (C=O) groups is 1. The van der Waals surface area contributed by atoms with Crippen molar-refractivity contribution >= 4 is 29.3 Å². The Balaban J connectivity index is 1.67. The monoisotopic (exact) mass is 319 g/mol. The van der Waals surface area contributed by atoms with Crippen LogP contribution in [0.5, 0.6) is 0 Å². The Labute approximate surface area is 134 Å². The summed E-state index contributed by atoms with van der Waals surface area (Å²) in [5.41, 5.74) is 2.30. The first-order valence-electron chi connectivity index (χ1n) is 6.84. The smallest absolute Gasteiger partial charge is 0.221 e. The highest BCUT2D eigenvalue weighted by molar-refractivity contribution is 7.99. The molecule has 2 aromatic carbocycles. The molecule has 0 saturated heterocycles. The van der Waals surface area contributed by atoms with Gasteiger partial charge >= 0.3 is 0 Å². The van der Waals surface area contributed by atoms with Crippen LogP contribution in [0.1, 0.15) is 17.5 Å². The average molecular weight is 320 g/mol. The van der Waals surface area contributed by atoms with E-state index in [4.69, 9.17) is 11.6 Å². The highest BCUT2D eigenvalue weighted by Crippen LogP contribution is 2.18. The predicted octanol–water partition coefficient (Wildman–Crippen LogP) is 4.45. The molecule has 0 fully saturated rings. The number of carbonyl (C=O) groups excluding carboxylic acids is 1. The van der Waals surface area contributed by atoms with Crippen LogP contribution >= 0.6 is 23.4 Å². The third-order valence-electron chi connectivity index (χ3n) is 3.02. The summed E-state index contributed by atoms with van der Waals surface area (Å²) in [7, 11) is 0. The zero-order valence-corrected chi connectivity index (χ0v) is 13.5. The molecule has 1 N–H and O–H groups in total. The summed E-state index contributed by atoms with van der Waals surface area (Å²) >= 11 is 7.52. The van der Waals surface area contributed by atoms with E-state index in [2.05, 4.69) is 36.5 Å². The van der Waals surface area contributed by atoms with Crippen LogP contribution in [0.4, 0.5) is 0 Å².